The first kappa shape index (κ1) is 14.0. The highest BCUT2D eigenvalue weighted by Gasteiger charge is 2.53. The lowest BCUT2D eigenvalue weighted by molar-refractivity contribution is -0.128. The van der Waals surface area contributed by atoms with E-state index in [1.165, 1.54) is 11.0 Å². The highest BCUT2D eigenvalue weighted by Crippen LogP contribution is 2.40. The zero-order valence-corrected chi connectivity index (χ0v) is 12.1. The van der Waals surface area contributed by atoms with Gasteiger partial charge < -0.3 is 4.90 Å². The van der Waals surface area contributed by atoms with E-state index in [9.17, 15) is 14.0 Å². The van der Waals surface area contributed by atoms with Crippen molar-refractivity contribution in [2.24, 2.45) is 5.92 Å². The second-order valence-electron chi connectivity index (χ2n) is 6.15. The quantitative estimate of drug-likeness (QED) is 0.851. The third kappa shape index (κ3) is 2.30. The van der Waals surface area contributed by atoms with E-state index in [0.29, 0.717) is 24.3 Å². The van der Waals surface area contributed by atoms with Gasteiger partial charge in [0.25, 0.3) is 5.91 Å². The van der Waals surface area contributed by atoms with E-state index in [0.717, 1.165) is 12.8 Å². The van der Waals surface area contributed by atoms with Gasteiger partial charge >= 0.3 is 6.03 Å². The van der Waals surface area contributed by atoms with Gasteiger partial charge in [-0.1, -0.05) is 25.1 Å². The molecule has 1 spiro atoms. The van der Waals surface area contributed by atoms with Crippen molar-refractivity contribution in [1.29, 1.82) is 0 Å². The van der Waals surface area contributed by atoms with Crippen LogP contribution in [0.5, 0.6) is 0 Å². The van der Waals surface area contributed by atoms with Gasteiger partial charge in [0, 0.05) is 5.56 Å². The highest BCUT2D eigenvalue weighted by molar-refractivity contribution is 6.07. The van der Waals surface area contributed by atoms with Crippen molar-refractivity contribution in [2.75, 3.05) is 0 Å². The largest absolute Gasteiger partial charge is 0.325 e. The Hall–Kier alpha value is -1.91. The Bertz CT molecular complexity index is 579. The Balaban J connectivity index is 1.90. The molecule has 0 aromatic heterocycles. The Morgan fingerprint density at radius 3 is 2.62 bits per heavy atom. The third-order valence-electron chi connectivity index (χ3n) is 4.79. The fourth-order valence-electron chi connectivity index (χ4n) is 3.35. The topological polar surface area (TPSA) is 49.4 Å². The van der Waals surface area contributed by atoms with Gasteiger partial charge in [0.2, 0.25) is 0 Å². The molecular formula is C16H19FN2O2. The van der Waals surface area contributed by atoms with E-state index in [-0.39, 0.29) is 18.3 Å². The average molecular weight is 290 g/mol. The van der Waals surface area contributed by atoms with E-state index < -0.39 is 11.6 Å². The molecule has 1 saturated carbocycles. The molecule has 5 heteroatoms. The Labute approximate surface area is 123 Å². The van der Waals surface area contributed by atoms with E-state index >= 15 is 0 Å². The van der Waals surface area contributed by atoms with Crippen LogP contribution in [0.1, 0.15) is 38.2 Å². The van der Waals surface area contributed by atoms with E-state index in [1.807, 2.05) is 0 Å². The Morgan fingerprint density at radius 1 is 1.29 bits per heavy atom. The third-order valence-corrected chi connectivity index (χ3v) is 4.79. The molecule has 21 heavy (non-hydrogen) atoms. The summed E-state index contributed by atoms with van der Waals surface area (Å²) < 4.78 is 13.8. The molecule has 1 saturated heterocycles. The summed E-state index contributed by atoms with van der Waals surface area (Å²) in [6.07, 6.45) is 3.13. The average Bonchev–Trinajstić information content (AvgIpc) is 2.68. The summed E-state index contributed by atoms with van der Waals surface area (Å²) in [6.45, 7) is 2.29. The number of hydrogen-bond donors (Lipinski definition) is 1. The van der Waals surface area contributed by atoms with Gasteiger partial charge in [0.05, 0.1) is 6.54 Å². The van der Waals surface area contributed by atoms with Crippen molar-refractivity contribution in [3.8, 4) is 0 Å². The zero-order valence-electron chi connectivity index (χ0n) is 12.1. The van der Waals surface area contributed by atoms with Crippen molar-refractivity contribution in [3.05, 3.63) is 35.6 Å². The lowest BCUT2D eigenvalue weighted by atomic mass is 9.76. The molecule has 1 N–H and O–H groups in total. The van der Waals surface area contributed by atoms with Gasteiger partial charge in [-0.3, -0.25) is 10.1 Å². The molecule has 2 aliphatic rings. The maximum atomic E-state index is 13.8. The number of halogens is 1. The molecule has 0 bridgehead atoms. The van der Waals surface area contributed by atoms with Gasteiger partial charge in [-0.15, -0.1) is 0 Å². The maximum Gasteiger partial charge on any atom is 0.325 e. The number of urea groups is 1. The number of hydrogen-bond acceptors (Lipinski definition) is 2. The van der Waals surface area contributed by atoms with Crippen LogP contribution in [0.15, 0.2) is 24.3 Å². The minimum atomic E-state index is -0.786. The second kappa shape index (κ2) is 5.13. The van der Waals surface area contributed by atoms with Crippen LogP contribution in [0.25, 0.3) is 0 Å². The van der Waals surface area contributed by atoms with Crippen LogP contribution in [0, 0.1) is 11.7 Å². The summed E-state index contributed by atoms with van der Waals surface area (Å²) >= 11 is 0. The number of rotatable bonds is 2. The standard InChI is InChI=1S/C16H19FN2O2/c1-11-6-8-16(9-7-11)14(20)18-15(21)19(16)10-12-4-2-3-5-13(12)17/h2-5,11H,6-10H2,1H3,(H,18,20,21). The number of carbonyl (C=O) groups is 2. The molecule has 1 aliphatic heterocycles. The predicted octanol–water partition coefficient (Wildman–Crippen LogP) is 2.83. The first-order valence-corrected chi connectivity index (χ1v) is 7.39. The molecule has 112 valence electrons. The molecule has 2 fully saturated rings. The van der Waals surface area contributed by atoms with Crippen LogP contribution in [-0.2, 0) is 11.3 Å². The summed E-state index contributed by atoms with van der Waals surface area (Å²) in [5.74, 6) is -0.00541. The number of imide groups is 1. The van der Waals surface area contributed by atoms with E-state index in [2.05, 4.69) is 12.2 Å². The van der Waals surface area contributed by atoms with E-state index in [1.54, 1.807) is 18.2 Å². The lowest BCUT2D eigenvalue weighted by Gasteiger charge is -2.40. The molecule has 0 radical (unpaired) electrons. The molecule has 1 aliphatic carbocycles. The number of benzene rings is 1. The maximum absolute atomic E-state index is 13.8. The molecule has 3 amide bonds. The van der Waals surface area contributed by atoms with Gasteiger partial charge in [0.1, 0.15) is 11.4 Å². The minimum Gasteiger partial charge on any atom is -0.305 e. The molecule has 0 unspecified atom stereocenters. The number of amides is 3. The summed E-state index contributed by atoms with van der Waals surface area (Å²) in [5, 5.41) is 2.41. The first-order valence-electron chi connectivity index (χ1n) is 7.39. The first-order chi connectivity index (χ1) is 10.0. The SMILES string of the molecule is CC1CCC2(CC1)C(=O)NC(=O)N2Cc1ccccc1F. The molecule has 4 nitrogen and oxygen atoms in total. The lowest BCUT2D eigenvalue weighted by Crippen LogP contribution is -2.51. The molecule has 1 aromatic rings. The number of nitrogens with zero attached hydrogens (tertiary/aromatic N) is 1. The minimum absolute atomic E-state index is 0.138. The van der Waals surface area contributed by atoms with Crippen molar-refractivity contribution in [2.45, 2.75) is 44.7 Å². The van der Waals surface area contributed by atoms with Gasteiger partial charge in [-0.2, -0.15) is 0 Å². The predicted molar refractivity (Wildman–Crippen MR) is 75.8 cm³/mol. The fraction of sp³-hybridized carbons (Fsp3) is 0.500. The van der Waals surface area contributed by atoms with Gasteiger partial charge in [0.15, 0.2) is 0 Å². The van der Waals surface area contributed by atoms with Crippen molar-refractivity contribution in [1.82, 2.24) is 10.2 Å². The highest BCUT2D eigenvalue weighted by atomic mass is 19.1. The Kier molecular flexibility index (Phi) is 3.43. The Morgan fingerprint density at radius 2 is 1.95 bits per heavy atom. The zero-order chi connectivity index (χ0) is 15.0. The van der Waals surface area contributed by atoms with Crippen LogP contribution >= 0.6 is 0 Å². The normalized spacial score (nSPS) is 29.0. The van der Waals surface area contributed by atoms with Crippen LogP contribution in [0.2, 0.25) is 0 Å². The van der Waals surface area contributed by atoms with Gasteiger partial charge in [-0.05, 0) is 37.7 Å². The molecular weight excluding hydrogens is 271 g/mol. The van der Waals surface area contributed by atoms with Gasteiger partial charge in [-0.25, -0.2) is 9.18 Å². The second-order valence-corrected chi connectivity index (χ2v) is 6.15. The van der Waals surface area contributed by atoms with Crippen LogP contribution in [0.4, 0.5) is 9.18 Å². The van der Waals surface area contributed by atoms with Crippen LogP contribution in [0.3, 0.4) is 0 Å². The number of nitrogens with one attached hydrogen (secondary N) is 1. The monoisotopic (exact) mass is 290 g/mol. The summed E-state index contributed by atoms with van der Waals surface area (Å²) in [5.41, 5.74) is -0.341. The van der Waals surface area contributed by atoms with Crippen LogP contribution < -0.4 is 5.32 Å². The van der Waals surface area contributed by atoms with Crippen molar-refractivity contribution < 1.29 is 14.0 Å². The number of carbonyl (C=O) groups excluding carboxylic acids is 2. The molecule has 0 atom stereocenters. The summed E-state index contributed by atoms with van der Waals surface area (Å²) in [7, 11) is 0. The summed E-state index contributed by atoms with van der Waals surface area (Å²) in [6, 6.07) is 5.99. The van der Waals surface area contributed by atoms with Crippen molar-refractivity contribution in [3.63, 3.8) is 0 Å². The van der Waals surface area contributed by atoms with Crippen molar-refractivity contribution >= 4 is 11.9 Å². The van der Waals surface area contributed by atoms with E-state index in [4.69, 9.17) is 0 Å². The fourth-order valence-corrected chi connectivity index (χ4v) is 3.35. The molecule has 3 rings (SSSR count). The van der Waals surface area contributed by atoms with Crippen LogP contribution in [-0.4, -0.2) is 22.4 Å². The molecule has 1 aromatic carbocycles. The summed E-state index contributed by atoms with van der Waals surface area (Å²) in [4.78, 5) is 25.9. The molecule has 1 heterocycles. The smallest absolute Gasteiger partial charge is 0.305 e.